The van der Waals surface area contributed by atoms with Gasteiger partial charge in [-0.1, -0.05) is 0 Å². The molecule has 1 rings (SSSR count). The fourth-order valence-electron chi connectivity index (χ4n) is 2.27. The maximum Gasteiger partial charge on any atom is 0.309 e. The van der Waals surface area contributed by atoms with Gasteiger partial charge < -0.3 is 19.8 Å². The lowest BCUT2D eigenvalue weighted by molar-refractivity contribution is -0.162. The van der Waals surface area contributed by atoms with Gasteiger partial charge in [0.05, 0.1) is 18.4 Å². The summed E-state index contributed by atoms with van der Waals surface area (Å²) in [5.74, 6) is -1.21. The van der Waals surface area contributed by atoms with Crippen LogP contribution in [-0.4, -0.2) is 57.9 Å². The number of piperidine rings is 1. The number of likely N-dealkylation sites (tertiary alicyclic amines) is 1. The van der Waals surface area contributed by atoms with E-state index in [1.807, 2.05) is 4.90 Å². The predicted molar refractivity (Wildman–Crippen MR) is 73.3 cm³/mol. The molecule has 0 amide bonds. The summed E-state index contributed by atoms with van der Waals surface area (Å²) >= 11 is 0. The van der Waals surface area contributed by atoms with Crippen LogP contribution in [0.4, 0.5) is 0 Å². The summed E-state index contributed by atoms with van der Waals surface area (Å²) in [5, 5.41) is 19.0. The number of hydrogen-bond acceptors (Lipinski definition) is 5. The van der Waals surface area contributed by atoms with Crippen LogP contribution in [0.1, 0.15) is 46.5 Å². The molecule has 6 nitrogen and oxygen atoms in total. The number of nitrogens with zero attached hydrogens (tertiary/aromatic N) is 1. The van der Waals surface area contributed by atoms with E-state index in [0.29, 0.717) is 32.5 Å². The molecule has 1 fully saturated rings. The molecule has 0 atom stereocenters. The minimum Gasteiger partial charge on any atom is -0.481 e. The number of carboxylic acid groups (broad SMARTS) is 1. The van der Waals surface area contributed by atoms with Crippen molar-refractivity contribution in [1.82, 2.24) is 4.90 Å². The van der Waals surface area contributed by atoms with E-state index in [1.165, 1.54) is 0 Å². The lowest BCUT2D eigenvalue weighted by Gasteiger charge is -2.37. The molecule has 1 heterocycles. The number of rotatable bonds is 5. The quantitative estimate of drug-likeness (QED) is 0.734. The molecular formula is C14H25NO5. The Morgan fingerprint density at radius 3 is 2.25 bits per heavy atom. The summed E-state index contributed by atoms with van der Waals surface area (Å²) in [7, 11) is 0. The molecule has 0 aromatic rings. The van der Waals surface area contributed by atoms with Crippen molar-refractivity contribution in [3.8, 4) is 0 Å². The van der Waals surface area contributed by atoms with E-state index in [-0.39, 0.29) is 18.8 Å². The molecule has 1 saturated heterocycles. The first kappa shape index (κ1) is 16.9. The summed E-state index contributed by atoms with van der Waals surface area (Å²) in [6, 6.07) is 0. The van der Waals surface area contributed by atoms with E-state index < -0.39 is 17.2 Å². The van der Waals surface area contributed by atoms with Crippen LogP contribution < -0.4 is 0 Å². The van der Waals surface area contributed by atoms with Crippen molar-refractivity contribution >= 4 is 11.9 Å². The highest BCUT2D eigenvalue weighted by Crippen LogP contribution is 2.27. The maximum absolute atomic E-state index is 11.8. The first-order chi connectivity index (χ1) is 9.10. The van der Waals surface area contributed by atoms with Gasteiger partial charge in [0.15, 0.2) is 0 Å². The van der Waals surface area contributed by atoms with Gasteiger partial charge in [0.1, 0.15) is 5.60 Å². The van der Waals surface area contributed by atoms with Crippen LogP contribution in [0.25, 0.3) is 0 Å². The van der Waals surface area contributed by atoms with E-state index in [9.17, 15) is 14.7 Å². The molecule has 0 bridgehead atoms. The Kier molecular flexibility index (Phi) is 5.53. The van der Waals surface area contributed by atoms with Gasteiger partial charge in [0.2, 0.25) is 0 Å². The van der Waals surface area contributed by atoms with Crippen LogP contribution in [0.3, 0.4) is 0 Å². The zero-order valence-corrected chi connectivity index (χ0v) is 12.5. The molecule has 0 spiro atoms. The fraction of sp³-hybridized carbons (Fsp3) is 0.857. The lowest BCUT2D eigenvalue weighted by atomic mass is 9.88. The molecule has 2 N–H and O–H groups in total. The number of ether oxygens (including phenoxy) is 1. The average Bonchev–Trinajstić information content (AvgIpc) is 2.24. The van der Waals surface area contributed by atoms with Crippen molar-refractivity contribution in [2.24, 2.45) is 0 Å². The molecule has 1 aliphatic heterocycles. The Balaban J connectivity index is 2.38. The summed E-state index contributed by atoms with van der Waals surface area (Å²) in [6.07, 6.45) is 1.03. The molecule has 0 unspecified atom stereocenters. The van der Waals surface area contributed by atoms with Gasteiger partial charge in [-0.25, -0.2) is 0 Å². The third-order valence-electron chi connectivity index (χ3n) is 3.32. The topological polar surface area (TPSA) is 87.1 Å². The van der Waals surface area contributed by atoms with Gasteiger partial charge in [-0.15, -0.1) is 0 Å². The maximum atomic E-state index is 11.8. The largest absolute Gasteiger partial charge is 0.481 e. The Labute approximate surface area is 119 Å². The summed E-state index contributed by atoms with van der Waals surface area (Å²) in [4.78, 5) is 24.3. The number of carbonyl (C=O) groups excluding carboxylic acids is 1. The Bertz CT molecular complexity index is 353. The Morgan fingerprint density at radius 1 is 1.25 bits per heavy atom. The monoisotopic (exact) mass is 287 g/mol. The van der Waals surface area contributed by atoms with E-state index in [2.05, 4.69) is 0 Å². The van der Waals surface area contributed by atoms with Crippen molar-refractivity contribution in [1.29, 1.82) is 0 Å². The second-order valence-electron chi connectivity index (χ2n) is 6.47. The minimum absolute atomic E-state index is 0.00294. The van der Waals surface area contributed by atoms with Crippen molar-refractivity contribution in [3.05, 3.63) is 0 Å². The number of hydrogen-bond donors (Lipinski definition) is 2. The van der Waals surface area contributed by atoms with Crippen molar-refractivity contribution in [3.63, 3.8) is 0 Å². The highest BCUT2D eigenvalue weighted by Gasteiger charge is 2.35. The van der Waals surface area contributed by atoms with Crippen LogP contribution in [0, 0.1) is 0 Å². The van der Waals surface area contributed by atoms with E-state index in [4.69, 9.17) is 9.84 Å². The molecule has 20 heavy (non-hydrogen) atoms. The molecule has 0 aliphatic carbocycles. The highest BCUT2D eigenvalue weighted by molar-refractivity contribution is 5.71. The zero-order chi connectivity index (χ0) is 15.4. The predicted octanol–water partition coefficient (Wildman–Crippen LogP) is 1.02. The zero-order valence-electron chi connectivity index (χ0n) is 12.5. The van der Waals surface area contributed by atoms with Crippen LogP contribution in [-0.2, 0) is 14.3 Å². The number of aliphatic hydroxyl groups is 1. The molecule has 0 radical (unpaired) electrons. The molecule has 116 valence electrons. The lowest BCUT2D eigenvalue weighted by Crippen LogP contribution is -2.46. The van der Waals surface area contributed by atoms with Gasteiger partial charge in [-0.2, -0.15) is 0 Å². The number of carbonyl (C=O) groups is 2. The van der Waals surface area contributed by atoms with Crippen LogP contribution in [0.2, 0.25) is 0 Å². The van der Waals surface area contributed by atoms with Crippen LogP contribution in [0.15, 0.2) is 0 Å². The second kappa shape index (κ2) is 6.54. The minimum atomic E-state index is -1.03. The van der Waals surface area contributed by atoms with E-state index in [1.54, 1.807) is 20.8 Å². The third-order valence-corrected chi connectivity index (χ3v) is 3.32. The van der Waals surface area contributed by atoms with E-state index in [0.717, 1.165) is 0 Å². The average molecular weight is 287 g/mol. The van der Waals surface area contributed by atoms with Gasteiger partial charge in [0.25, 0.3) is 0 Å². The fourth-order valence-corrected chi connectivity index (χ4v) is 2.27. The molecular weight excluding hydrogens is 262 g/mol. The molecule has 0 aromatic carbocycles. The number of aliphatic carboxylic acids is 1. The van der Waals surface area contributed by atoms with Gasteiger partial charge in [-0.05, 0) is 33.6 Å². The first-order valence-electron chi connectivity index (χ1n) is 6.98. The van der Waals surface area contributed by atoms with Crippen LogP contribution >= 0.6 is 0 Å². The summed E-state index contributed by atoms with van der Waals surface area (Å²) in [6.45, 7) is 7.08. The number of carboxylic acids is 1. The smallest absolute Gasteiger partial charge is 0.309 e. The Hall–Kier alpha value is -1.14. The molecule has 1 aliphatic rings. The summed E-state index contributed by atoms with van der Waals surface area (Å²) < 4.78 is 5.22. The number of esters is 1. The standard InChI is InChI=1S/C14H25NO5/c1-13(2,3)20-12(18)10-14(19)5-8-15(9-6-14)7-4-11(16)17/h19H,4-10H2,1-3H3,(H,16,17). The molecule has 6 heteroatoms. The molecule has 0 aromatic heterocycles. The third kappa shape index (κ3) is 6.34. The normalized spacial score (nSPS) is 19.6. The second-order valence-corrected chi connectivity index (χ2v) is 6.47. The highest BCUT2D eigenvalue weighted by atomic mass is 16.6. The van der Waals surface area contributed by atoms with Gasteiger partial charge >= 0.3 is 11.9 Å². The van der Waals surface area contributed by atoms with Crippen molar-refractivity contribution in [2.45, 2.75) is 57.7 Å². The molecule has 0 saturated carbocycles. The van der Waals surface area contributed by atoms with Crippen molar-refractivity contribution in [2.75, 3.05) is 19.6 Å². The van der Waals surface area contributed by atoms with Gasteiger partial charge in [0, 0.05) is 19.6 Å². The van der Waals surface area contributed by atoms with Crippen molar-refractivity contribution < 1.29 is 24.5 Å². The summed E-state index contributed by atoms with van der Waals surface area (Å²) in [5.41, 5.74) is -1.57. The Morgan fingerprint density at radius 2 is 1.80 bits per heavy atom. The SMILES string of the molecule is CC(C)(C)OC(=O)CC1(O)CCN(CCC(=O)O)CC1. The van der Waals surface area contributed by atoms with Crippen LogP contribution in [0.5, 0.6) is 0 Å². The first-order valence-corrected chi connectivity index (χ1v) is 6.98. The van der Waals surface area contributed by atoms with E-state index >= 15 is 0 Å². The van der Waals surface area contributed by atoms with Gasteiger partial charge in [-0.3, -0.25) is 9.59 Å².